The number of nitrogens with zero attached hydrogens (tertiary/aromatic N) is 4. The Kier molecular flexibility index (Phi) is 7.53. The summed E-state index contributed by atoms with van der Waals surface area (Å²) in [5.74, 6) is 0.246. The number of pyridine rings is 1. The molecule has 2 N–H and O–H groups in total. The molecule has 1 aromatic carbocycles. The fourth-order valence-corrected chi connectivity index (χ4v) is 5.49. The number of aliphatic carboxylic acids is 1. The molecule has 0 aliphatic carbocycles. The van der Waals surface area contributed by atoms with Gasteiger partial charge in [-0.3, -0.25) is 14.4 Å². The molecule has 8 nitrogen and oxygen atoms in total. The number of aryl methyl sites for hydroxylation is 4. The summed E-state index contributed by atoms with van der Waals surface area (Å²) < 4.78 is 7.98. The van der Waals surface area contributed by atoms with Gasteiger partial charge in [0.2, 0.25) is 0 Å². The Morgan fingerprint density at radius 1 is 1.22 bits per heavy atom. The van der Waals surface area contributed by atoms with Crippen LogP contribution in [0.15, 0.2) is 30.3 Å². The molecule has 1 atom stereocenters. The number of carboxylic acid groups (broad SMARTS) is 1. The predicted octanol–water partition coefficient (Wildman–Crippen LogP) is 4.36. The lowest BCUT2D eigenvalue weighted by Crippen LogP contribution is -2.55. The van der Waals surface area contributed by atoms with Crippen LogP contribution in [0.3, 0.4) is 0 Å². The number of aromatic nitrogens is 3. The van der Waals surface area contributed by atoms with Crippen LogP contribution in [0.5, 0.6) is 0 Å². The average Bonchev–Trinajstić information content (AvgIpc) is 3.20. The molecule has 1 saturated heterocycles. The first-order valence-corrected chi connectivity index (χ1v) is 13.3. The van der Waals surface area contributed by atoms with Gasteiger partial charge in [-0.25, -0.2) is 4.98 Å². The molecular formula is C28H37N5O3. The van der Waals surface area contributed by atoms with E-state index in [0.717, 1.165) is 72.3 Å². The van der Waals surface area contributed by atoms with E-state index in [2.05, 4.69) is 22.5 Å². The van der Waals surface area contributed by atoms with Gasteiger partial charge in [-0.05, 0) is 57.6 Å². The van der Waals surface area contributed by atoms with Crippen LogP contribution in [-0.2, 0) is 28.9 Å². The molecule has 3 aromatic rings. The molecule has 192 valence electrons. The molecule has 0 spiro atoms. The van der Waals surface area contributed by atoms with E-state index in [4.69, 9.17) is 9.72 Å². The van der Waals surface area contributed by atoms with E-state index in [9.17, 15) is 9.90 Å². The second-order valence-corrected chi connectivity index (χ2v) is 9.98. The van der Waals surface area contributed by atoms with E-state index in [1.54, 1.807) is 0 Å². The van der Waals surface area contributed by atoms with Gasteiger partial charge < -0.3 is 15.2 Å². The number of rotatable bonds is 11. The third-order valence-corrected chi connectivity index (χ3v) is 7.44. The summed E-state index contributed by atoms with van der Waals surface area (Å²) in [6, 6.07) is 9.58. The maximum absolute atomic E-state index is 12.3. The summed E-state index contributed by atoms with van der Waals surface area (Å²) in [5, 5.41) is 19.1. The van der Waals surface area contributed by atoms with E-state index >= 15 is 0 Å². The largest absolute Gasteiger partial charge is 0.480 e. The number of para-hydroxylation sites is 1. The van der Waals surface area contributed by atoms with Crippen molar-refractivity contribution in [2.45, 2.75) is 71.1 Å². The fraction of sp³-hybridized carbons (Fsp3) is 0.536. The van der Waals surface area contributed by atoms with Crippen LogP contribution < -0.4 is 5.32 Å². The SMILES string of the molecule is CCn1nc(C)c2cccc(C(C(=O)O)N3CC(OCCCCCc4ccc5c(n4)NCCC5)C3)c21. The fourth-order valence-electron chi connectivity index (χ4n) is 5.49. The molecule has 2 aliphatic rings. The number of fused-ring (bicyclic) bond motifs is 2. The van der Waals surface area contributed by atoms with Gasteiger partial charge in [0.25, 0.3) is 0 Å². The first kappa shape index (κ1) is 24.7. The highest BCUT2D eigenvalue weighted by molar-refractivity contribution is 5.89. The van der Waals surface area contributed by atoms with Crippen molar-refractivity contribution >= 4 is 22.7 Å². The summed E-state index contributed by atoms with van der Waals surface area (Å²) in [7, 11) is 0. The highest BCUT2D eigenvalue weighted by atomic mass is 16.5. The van der Waals surface area contributed by atoms with Crippen LogP contribution in [0.25, 0.3) is 10.9 Å². The minimum atomic E-state index is -0.826. The van der Waals surface area contributed by atoms with Crippen LogP contribution in [0.4, 0.5) is 5.82 Å². The molecule has 1 unspecified atom stereocenters. The average molecular weight is 492 g/mol. The van der Waals surface area contributed by atoms with Crippen LogP contribution in [0.1, 0.15) is 61.2 Å². The first-order chi connectivity index (χ1) is 17.5. The lowest BCUT2D eigenvalue weighted by atomic mass is 9.97. The van der Waals surface area contributed by atoms with Crippen LogP contribution in [-0.4, -0.2) is 63.1 Å². The number of carboxylic acids is 1. The Labute approximate surface area is 212 Å². The maximum Gasteiger partial charge on any atom is 0.325 e. The van der Waals surface area contributed by atoms with Gasteiger partial charge in [-0.2, -0.15) is 5.10 Å². The number of unbranched alkanes of at least 4 members (excludes halogenated alkanes) is 2. The van der Waals surface area contributed by atoms with Crippen molar-refractivity contribution < 1.29 is 14.6 Å². The number of nitrogens with one attached hydrogen (secondary N) is 1. The Morgan fingerprint density at radius 2 is 2.08 bits per heavy atom. The molecular weight excluding hydrogens is 454 g/mol. The van der Waals surface area contributed by atoms with Crippen LogP contribution in [0.2, 0.25) is 0 Å². The van der Waals surface area contributed by atoms with Crippen molar-refractivity contribution in [1.29, 1.82) is 0 Å². The molecule has 0 amide bonds. The van der Waals surface area contributed by atoms with Crippen molar-refractivity contribution in [1.82, 2.24) is 19.7 Å². The molecule has 2 aromatic heterocycles. The highest BCUT2D eigenvalue weighted by Gasteiger charge is 2.39. The summed E-state index contributed by atoms with van der Waals surface area (Å²) >= 11 is 0. The van der Waals surface area contributed by atoms with Crippen LogP contribution >= 0.6 is 0 Å². The molecule has 8 heteroatoms. The van der Waals surface area contributed by atoms with Crippen molar-refractivity contribution in [2.75, 3.05) is 31.6 Å². The second kappa shape index (κ2) is 11.0. The lowest BCUT2D eigenvalue weighted by molar-refractivity contribution is -0.150. The number of anilines is 1. The third-order valence-electron chi connectivity index (χ3n) is 7.44. The first-order valence-electron chi connectivity index (χ1n) is 13.3. The van der Waals surface area contributed by atoms with Gasteiger partial charge in [0.15, 0.2) is 0 Å². The van der Waals surface area contributed by atoms with Gasteiger partial charge in [-0.15, -0.1) is 0 Å². The lowest BCUT2D eigenvalue weighted by Gasteiger charge is -2.42. The molecule has 5 rings (SSSR count). The van der Waals surface area contributed by atoms with E-state index in [0.29, 0.717) is 26.2 Å². The summed E-state index contributed by atoms with van der Waals surface area (Å²) in [4.78, 5) is 19.1. The van der Waals surface area contributed by atoms with Gasteiger partial charge in [0, 0.05) is 49.4 Å². The molecule has 1 fully saturated rings. The molecule has 2 aliphatic heterocycles. The summed E-state index contributed by atoms with van der Waals surface area (Å²) in [5.41, 5.74) is 5.17. The number of benzene rings is 1. The minimum Gasteiger partial charge on any atom is -0.480 e. The standard InChI is InChI=1S/C28H37N5O3/c1-3-33-25-23(19(2)31-33)11-7-12-24(25)26(28(34)35)32-17-22(18-32)36-16-6-4-5-10-21-14-13-20-9-8-15-29-27(20)30-21/h7,11-14,22,26H,3-6,8-10,15-18H2,1-2H3,(H,29,30)(H,34,35). The van der Waals surface area contributed by atoms with Crippen molar-refractivity contribution in [3.05, 3.63) is 52.8 Å². The predicted molar refractivity (Wildman–Crippen MR) is 140 cm³/mol. The zero-order valence-corrected chi connectivity index (χ0v) is 21.4. The number of hydrogen-bond donors (Lipinski definition) is 2. The molecule has 0 saturated carbocycles. The number of carbonyl (C=O) groups is 1. The van der Waals surface area contributed by atoms with E-state index in [1.165, 1.54) is 12.0 Å². The van der Waals surface area contributed by atoms with E-state index in [1.807, 2.05) is 41.6 Å². The normalized spacial score (nSPS) is 16.9. The molecule has 36 heavy (non-hydrogen) atoms. The Morgan fingerprint density at radius 3 is 2.89 bits per heavy atom. The topological polar surface area (TPSA) is 92.5 Å². The van der Waals surface area contributed by atoms with E-state index in [-0.39, 0.29) is 6.10 Å². The molecule has 0 radical (unpaired) electrons. The number of ether oxygens (including phenoxy) is 1. The Balaban J connectivity index is 1.08. The monoisotopic (exact) mass is 491 g/mol. The van der Waals surface area contributed by atoms with E-state index < -0.39 is 12.0 Å². The zero-order chi connectivity index (χ0) is 25.1. The van der Waals surface area contributed by atoms with Gasteiger partial charge >= 0.3 is 5.97 Å². The quantitative estimate of drug-likeness (QED) is 0.385. The van der Waals surface area contributed by atoms with Crippen molar-refractivity contribution in [3.63, 3.8) is 0 Å². The van der Waals surface area contributed by atoms with Gasteiger partial charge in [0.05, 0.1) is 17.3 Å². The number of hydrogen-bond acceptors (Lipinski definition) is 6. The van der Waals surface area contributed by atoms with Crippen molar-refractivity contribution in [2.24, 2.45) is 0 Å². The Bertz CT molecular complexity index is 1220. The summed E-state index contributed by atoms with van der Waals surface area (Å²) in [6.07, 6.45) is 6.60. The van der Waals surface area contributed by atoms with Gasteiger partial charge in [0.1, 0.15) is 11.9 Å². The second-order valence-electron chi connectivity index (χ2n) is 9.98. The van der Waals surface area contributed by atoms with Crippen molar-refractivity contribution in [3.8, 4) is 0 Å². The molecule has 0 bridgehead atoms. The van der Waals surface area contributed by atoms with Crippen LogP contribution in [0, 0.1) is 6.92 Å². The number of likely N-dealkylation sites (tertiary alicyclic amines) is 1. The smallest absolute Gasteiger partial charge is 0.325 e. The minimum absolute atomic E-state index is 0.0947. The molecule has 4 heterocycles. The Hall–Kier alpha value is -2.97. The third kappa shape index (κ3) is 5.11. The zero-order valence-electron chi connectivity index (χ0n) is 21.4. The van der Waals surface area contributed by atoms with Gasteiger partial charge in [-0.1, -0.05) is 30.7 Å². The summed E-state index contributed by atoms with van der Waals surface area (Å²) in [6.45, 7) is 7.73. The maximum atomic E-state index is 12.3. The highest BCUT2D eigenvalue weighted by Crippen LogP contribution is 2.33.